The van der Waals surface area contributed by atoms with Gasteiger partial charge >= 0.3 is 0 Å². The van der Waals surface area contributed by atoms with Crippen LogP contribution in [-0.4, -0.2) is 17.8 Å². The molecule has 3 N–H and O–H groups in total. The Hall–Kier alpha value is -1.13. The van der Waals surface area contributed by atoms with Gasteiger partial charge in [-0.15, -0.1) is 0 Å². The molecule has 1 aliphatic rings. The molecule has 4 heteroatoms. The number of hydrogen-bond acceptors (Lipinski definition) is 3. The van der Waals surface area contributed by atoms with Crippen LogP contribution in [0.15, 0.2) is 18.2 Å². The van der Waals surface area contributed by atoms with E-state index in [1.54, 1.807) is 0 Å². The van der Waals surface area contributed by atoms with E-state index < -0.39 is 6.10 Å². The van der Waals surface area contributed by atoms with Crippen molar-refractivity contribution < 1.29 is 14.2 Å². The van der Waals surface area contributed by atoms with Crippen LogP contribution in [0.25, 0.3) is 0 Å². The highest BCUT2D eigenvalue weighted by Crippen LogP contribution is 2.29. The second-order valence-corrected chi connectivity index (χ2v) is 4.12. The highest BCUT2D eigenvalue weighted by atomic mass is 19.1. The molecule has 0 radical (unpaired) electrons. The molecule has 88 valence electrons. The van der Waals surface area contributed by atoms with E-state index in [0.29, 0.717) is 17.9 Å². The normalized spacial score (nSPS) is 23.0. The van der Waals surface area contributed by atoms with Gasteiger partial charge in [0.2, 0.25) is 0 Å². The molecule has 0 bridgehead atoms. The molecule has 0 aromatic heterocycles. The number of aliphatic hydroxyl groups excluding tert-OH is 1. The summed E-state index contributed by atoms with van der Waals surface area (Å²) in [6, 6.07) is 4.03. The first kappa shape index (κ1) is 11.4. The molecule has 1 saturated heterocycles. The smallest absolute Gasteiger partial charge is 0.123 e. The molecule has 0 spiro atoms. The third-order valence-electron chi connectivity index (χ3n) is 2.93. The zero-order valence-corrected chi connectivity index (χ0v) is 9.03. The lowest BCUT2D eigenvalue weighted by atomic mass is 9.97. The third kappa shape index (κ3) is 2.33. The molecule has 1 fully saturated rings. The highest BCUT2D eigenvalue weighted by molar-refractivity contribution is 5.48. The van der Waals surface area contributed by atoms with Crippen molar-refractivity contribution in [3.05, 3.63) is 29.6 Å². The molecule has 1 heterocycles. The van der Waals surface area contributed by atoms with Gasteiger partial charge < -0.3 is 15.6 Å². The molecular weight excluding hydrogens is 209 g/mol. The summed E-state index contributed by atoms with van der Waals surface area (Å²) < 4.78 is 18.5. The molecule has 2 rings (SSSR count). The average molecular weight is 225 g/mol. The van der Waals surface area contributed by atoms with Crippen LogP contribution in [0.4, 0.5) is 10.1 Å². The van der Waals surface area contributed by atoms with Crippen molar-refractivity contribution >= 4 is 5.69 Å². The fourth-order valence-electron chi connectivity index (χ4n) is 2.02. The summed E-state index contributed by atoms with van der Waals surface area (Å²) in [4.78, 5) is 0. The van der Waals surface area contributed by atoms with Crippen molar-refractivity contribution in [1.82, 2.24) is 0 Å². The van der Waals surface area contributed by atoms with Gasteiger partial charge in [0.15, 0.2) is 0 Å². The van der Waals surface area contributed by atoms with Gasteiger partial charge in [-0.2, -0.15) is 0 Å². The van der Waals surface area contributed by atoms with E-state index in [4.69, 9.17) is 10.5 Å². The SMILES string of the molecule is Nc1ccc(F)cc1C(O)C1CCCCO1. The second kappa shape index (κ2) is 4.80. The maximum Gasteiger partial charge on any atom is 0.123 e. The summed E-state index contributed by atoms with van der Waals surface area (Å²) >= 11 is 0. The number of nitrogen functional groups attached to an aromatic ring is 1. The van der Waals surface area contributed by atoms with Gasteiger partial charge in [-0.05, 0) is 37.5 Å². The number of hydrogen-bond donors (Lipinski definition) is 2. The molecule has 0 amide bonds. The van der Waals surface area contributed by atoms with Crippen LogP contribution in [0.3, 0.4) is 0 Å². The van der Waals surface area contributed by atoms with E-state index in [1.807, 2.05) is 0 Å². The Morgan fingerprint density at radius 2 is 2.25 bits per heavy atom. The van der Waals surface area contributed by atoms with Crippen LogP contribution in [0.1, 0.15) is 30.9 Å². The van der Waals surface area contributed by atoms with Crippen LogP contribution in [0.5, 0.6) is 0 Å². The summed E-state index contributed by atoms with van der Waals surface area (Å²) in [5.74, 6) is -0.390. The summed E-state index contributed by atoms with van der Waals surface area (Å²) in [7, 11) is 0. The minimum Gasteiger partial charge on any atom is -0.398 e. The van der Waals surface area contributed by atoms with E-state index in [9.17, 15) is 9.50 Å². The quantitative estimate of drug-likeness (QED) is 0.757. The Bertz CT molecular complexity index is 364. The van der Waals surface area contributed by atoms with Crippen molar-refractivity contribution in [1.29, 1.82) is 0 Å². The molecule has 2 unspecified atom stereocenters. The minimum absolute atomic E-state index is 0.266. The number of halogens is 1. The molecule has 16 heavy (non-hydrogen) atoms. The number of benzene rings is 1. The van der Waals surface area contributed by atoms with Crippen LogP contribution in [0, 0.1) is 5.82 Å². The van der Waals surface area contributed by atoms with Gasteiger partial charge in [0.1, 0.15) is 11.9 Å². The van der Waals surface area contributed by atoms with Gasteiger partial charge in [-0.3, -0.25) is 0 Å². The first-order chi connectivity index (χ1) is 7.68. The number of anilines is 1. The van der Waals surface area contributed by atoms with Gasteiger partial charge in [-0.1, -0.05) is 0 Å². The Morgan fingerprint density at radius 1 is 1.44 bits per heavy atom. The lowest BCUT2D eigenvalue weighted by Gasteiger charge is -2.27. The Labute approximate surface area is 94.0 Å². The van der Waals surface area contributed by atoms with Gasteiger partial charge in [0.05, 0.1) is 6.10 Å². The molecular formula is C12H16FNO2. The molecule has 2 atom stereocenters. The molecule has 1 aromatic carbocycles. The number of rotatable bonds is 2. The molecule has 0 aliphatic carbocycles. The van der Waals surface area contributed by atoms with Crippen LogP contribution in [-0.2, 0) is 4.74 Å². The van der Waals surface area contributed by atoms with Crippen molar-refractivity contribution in [2.45, 2.75) is 31.5 Å². The van der Waals surface area contributed by atoms with Gasteiger partial charge in [0, 0.05) is 17.9 Å². The zero-order chi connectivity index (χ0) is 11.5. The minimum atomic E-state index is -0.837. The summed E-state index contributed by atoms with van der Waals surface area (Å²) in [5, 5.41) is 10.1. The van der Waals surface area contributed by atoms with E-state index in [0.717, 1.165) is 19.3 Å². The standard InChI is InChI=1S/C12H16FNO2/c13-8-4-5-10(14)9(7-8)12(15)11-3-1-2-6-16-11/h4-5,7,11-12,15H,1-3,6,14H2. The summed E-state index contributed by atoms with van der Waals surface area (Å²) in [5.41, 5.74) is 6.54. The first-order valence-electron chi connectivity index (χ1n) is 5.53. The molecule has 1 aliphatic heterocycles. The molecule has 0 saturated carbocycles. The van der Waals surface area contributed by atoms with Crippen LogP contribution < -0.4 is 5.73 Å². The number of ether oxygens (including phenoxy) is 1. The van der Waals surface area contributed by atoms with Crippen molar-refractivity contribution in [2.75, 3.05) is 12.3 Å². The van der Waals surface area contributed by atoms with Gasteiger partial charge in [-0.25, -0.2) is 4.39 Å². The Morgan fingerprint density at radius 3 is 2.94 bits per heavy atom. The number of nitrogens with two attached hydrogens (primary N) is 1. The van der Waals surface area contributed by atoms with Crippen LogP contribution >= 0.6 is 0 Å². The predicted octanol–water partition coefficient (Wildman–Crippen LogP) is 2.01. The average Bonchev–Trinajstić information content (AvgIpc) is 2.32. The van der Waals surface area contributed by atoms with Gasteiger partial charge in [0.25, 0.3) is 0 Å². The van der Waals surface area contributed by atoms with E-state index >= 15 is 0 Å². The van der Waals surface area contributed by atoms with Crippen LogP contribution in [0.2, 0.25) is 0 Å². The van der Waals surface area contributed by atoms with E-state index in [2.05, 4.69) is 0 Å². The predicted molar refractivity (Wildman–Crippen MR) is 59.4 cm³/mol. The Kier molecular flexibility index (Phi) is 3.41. The lowest BCUT2D eigenvalue weighted by Crippen LogP contribution is -2.27. The third-order valence-corrected chi connectivity index (χ3v) is 2.93. The summed E-state index contributed by atoms with van der Waals surface area (Å²) in [6.07, 6.45) is 1.73. The van der Waals surface area contributed by atoms with E-state index in [1.165, 1.54) is 18.2 Å². The fourth-order valence-corrected chi connectivity index (χ4v) is 2.02. The zero-order valence-electron chi connectivity index (χ0n) is 9.03. The fraction of sp³-hybridized carbons (Fsp3) is 0.500. The lowest BCUT2D eigenvalue weighted by molar-refractivity contribution is -0.0631. The van der Waals surface area contributed by atoms with Crippen molar-refractivity contribution in [3.8, 4) is 0 Å². The first-order valence-corrected chi connectivity index (χ1v) is 5.53. The number of aliphatic hydroxyl groups is 1. The monoisotopic (exact) mass is 225 g/mol. The largest absolute Gasteiger partial charge is 0.398 e. The summed E-state index contributed by atoms with van der Waals surface area (Å²) in [6.45, 7) is 0.650. The highest BCUT2D eigenvalue weighted by Gasteiger charge is 2.25. The molecule has 3 nitrogen and oxygen atoms in total. The maximum absolute atomic E-state index is 13.1. The van der Waals surface area contributed by atoms with Crippen molar-refractivity contribution in [2.24, 2.45) is 0 Å². The van der Waals surface area contributed by atoms with Crippen molar-refractivity contribution in [3.63, 3.8) is 0 Å². The molecule has 1 aromatic rings. The maximum atomic E-state index is 13.1. The van der Waals surface area contributed by atoms with E-state index in [-0.39, 0.29) is 11.9 Å². The second-order valence-electron chi connectivity index (χ2n) is 4.12. The topological polar surface area (TPSA) is 55.5 Å². The Balaban J connectivity index is 2.18.